The van der Waals surface area contributed by atoms with Gasteiger partial charge in [-0.3, -0.25) is 0 Å². The lowest BCUT2D eigenvalue weighted by atomic mass is 9.61. The number of nitrogens with one attached hydrogen (secondary N) is 1. The molecular formula is C17H35NO. The predicted octanol–water partition coefficient (Wildman–Crippen LogP) is 4.39. The van der Waals surface area contributed by atoms with Crippen LogP contribution in [0.15, 0.2) is 0 Å². The van der Waals surface area contributed by atoms with Crippen LogP contribution in [0.5, 0.6) is 0 Å². The van der Waals surface area contributed by atoms with Crippen LogP contribution in [0.3, 0.4) is 0 Å². The molecule has 0 heterocycles. The van der Waals surface area contributed by atoms with E-state index in [-0.39, 0.29) is 0 Å². The Morgan fingerprint density at radius 3 is 2.53 bits per heavy atom. The van der Waals surface area contributed by atoms with E-state index in [1.54, 1.807) is 0 Å². The third kappa shape index (κ3) is 4.19. The smallest absolute Gasteiger partial charge is 0.0658 e. The lowest BCUT2D eigenvalue weighted by Crippen LogP contribution is -2.62. The Morgan fingerprint density at radius 1 is 1.26 bits per heavy atom. The average Bonchev–Trinajstić information content (AvgIpc) is 2.44. The zero-order valence-corrected chi connectivity index (χ0v) is 13.8. The molecule has 1 fully saturated rings. The van der Waals surface area contributed by atoms with Gasteiger partial charge in [0.2, 0.25) is 0 Å². The van der Waals surface area contributed by atoms with Gasteiger partial charge in [0, 0.05) is 18.1 Å². The Bertz CT molecular complexity index is 243. The standard InChI is InChI=1S/C17H35NO/c1-6-10-11-14(7-2)13-18-15-12-16(19-9-4)17(15,5)8-3/h14-16,18H,6-13H2,1-5H3. The summed E-state index contributed by atoms with van der Waals surface area (Å²) in [6, 6.07) is 0.657. The molecule has 4 unspecified atom stereocenters. The summed E-state index contributed by atoms with van der Waals surface area (Å²) in [7, 11) is 0. The van der Waals surface area contributed by atoms with Gasteiger partial charge in [-0.2, -0.15) is 0 Å². The molecule has 1 saturated carbocycles. The SMILES string of the molecule is CCCCC(CC)CNC1CC(OCC)C1(C)CC. The van der Waals surface area contributed by atoms with Crippen molar-refractivity contribution in [3.8, 4) is 0 Å². The van der Waals surface area contributed by atoms with Crippen LogP contribution in [-0.4, -0.2) is 25.3 Å². The van der Waals surface area contributed by atoms with Crippen LogP contribution in [0.1, 0.15) is 73.1 Å². The normalized spacial score (nSPS) is 32.1. The molecule has 0 aromatic carbocycles. The Morgan fingerprint density at radius 2 is 2.00 bits per heavy atom. The predicted molar refractivity (Wildman–Crippen MR) is 83.5 cm³/mol. The van der Waals surface area contributed by atoms with Crippen molar-refractivity contribution in [1.29, 1.82) is 0 Å². The fourth-order valence-electron chi connectivity index (χ4n) is 3.32. The van der Waals surface area contributed by atoms with Crippen molar-refractivity contribution in [2.75, 3.05) is 13.2 Å². The monoisotopic (exact) mass is 269 g/mol. The molecule has 114 valence electrons. The first kappa shape index (κ1) is 17.0. The van der Waals surface area contributed by atoms with Crippen molar-refractivity contribution in [3.63, 3.8) is 0 Å². The van der Waals surface area contributed by atoms with E-state index in [2.05, 4.69) is 39.9 Å². The highest BCUT2D eigenvalue weighted by molar-refractivity contribution is 5.04. The summed E-state index contributed by atoms with van der Waals surface area (Å²) in [5.41, 5.74) is 0.346. The molecule has 0 aliphatic heterocycles. The van der Waals surface area contributed by atoms with Gasteiger partial charge in [0.05, 0.1) is 6.10 Å². The van der Waals surface area contributed by atoms with Crippen molar-refractivity contribution in [2.45, 2.75) is 85.3 Å². The Hall–Kier alpha value is -0.0800. The van der Waals surface area contributed by atoms with Crippen molar-refractivity contribution in [1.82, 2.24) is 5.32 Å². The van der Waals surface area contributed by atoms with Gasteiger partial charge < -0.3 is 10.1 Å². The molecule has 0 aromatic heterocycles. The van der Waals surface area contributed by atoms with Gasteiger partial charge in [-0.1, -0.05) is 47.0 Å². The second-order valence-electron chi connectivity index (χ2n) is 6.42. The lowest BCUT2D eigenvalue weighted by molar-refractivity contribution is -0.126. The summed E-state index contributed by atoms with van der Waals surface area (Å²) in [6.45, 7) is 13.4. The summed E-state index contributed by atoms with van der Waals surface area (Å²) >= 11 is 0. The van der Waals surface area contributed by atoms with Crippen molar-refractivity contribution in [3.05, 3.63) is 0 Å². The molecule has 1 aliphatic carbocycles. The zero-order chi connectivity index (χ0) is 14.3. The van der Waals surface area contributed by atoms with Gasteiger partial charge in [-0.25, -0.2) is 0 Å². The molecule has 1 rings (SSSR count). The second-order valence-corrected chi connectivity index (χ2v) is 6.42. The fourth-order valence-corrected chi connectivity index (χ4v) is 3.32. The van der Waals surface area contributed by atoms with E-state index >= 15 is 0 Å². The van der Waals surface area contributed by atoms with Gasteiger partial charge in [-0.15, -0.1) is 0 Å². The molecule has 2 nitrogen and oxygen atoms in total. The topological polar surface area (TPSA) is 21.3 Å². The molecule has 0 saturated heterocycles. The molecule has 4 atom stereocenters. The number of ether oxygens (including phenoxy) is 1. The molecule has 0 bridgehead atoms. The molecule has 0 spiro atoms. The minimum Gasteiger partial charge on any atom is -0.378 e. The van der Waals surface area contributed by atoms with Gasteiger partial charge in [0.1, 0.15) is 0 Å². The second kappa shape index (κ2) is 8.26. The Kier molecular flexibility index (Phi) is 7.38. The molecule has 2 heteroatoms. The summed E-state index contributed by atoms with van der Waals surface area (Å²) < 4.78 is 5.87. The maximum Gasteiger partial charge on any atom is 0.0658 e. The first-order valence-electron chi connectivity index (χ1n) is 8.47. The summed E-state index contributed by atoms with van der Waals surface area (Å²) in [4.78, 5) is 0. The van der Waals surface area contributed by atoms with E-state index in [1.807, 2.05) is 0 Å². The van der Waals surface area contributed by atoms with Crippen LogP contribution in [-0.2, 0) is 4.74 Å². The van der Waals surface area contributed by atoms with Crippen LogP contribution in [0.25, 0.3) is 0 Å². The molecular weight excluding hydrogens is 234 g/mol. The molecule has 0 radical (unpaired) electrons. The third-order valence-electron chi connectivity index (χ3n) is 5.31. The number of unbranched alkanes of at least 4 members (excludes halogenated alkanes) is 1. The highest BCUT2D eigenvalue weighted by Crippen LogP contribution is 2.45. The Balaban J connectivity index is 2.36. The summed E-state index contributed by atoms with van der Waals surface area (Å²) in [5, 5.41) is 3.83. The number of rotatable bonds is 10. The van der Waals surface area contributed by atoms with Crippen molar-refractivity contribution >= 4 is 0 Å². The summed E-state index contributed by atoms with van der Waals surface area (Å²) in [6.07, 6.45) is 8.25. The maximum absolute atomic E-state index is 5.87. The van der Waals surface area contributed by atoms with E-state index in [9.17, 15) is 0 Å². The van der Waals surface area contributed by atoms with Gasteiger partial charge >= 0.3 is 0 Å². The van der Waals surface area contributed by atoms with Crippen LogP contribution >= 0.6 is 0 Å². The third-order valence-corrected chi connectivity index (χ3v) is 5.31. The van der Waals surface area contributed by atoms with E-state index in [4.69, 9.17) is 4.74 Å². The van der Waals surface area contributed by atoms with E-state index < -0.39 is 0 Å². The molecule has 1 aliphatic rings. The minimum absolute atomic E-state index is 0.346. The van der Waals surface area contributed by atoms with Gasteiger partial charge in [0.25, 0.3) is 0 Å². The average molecular weight is 269 g/mol. The molecule has 19 heavy (non-hydrogen) atoms. The highest BCUT2D eigenvalue weighted by atomic mass is 16.5. The molecule has 0 amide bonds. The Labute approximate surface area is 120 Å². The van der Waals surface area contributed by atoms with Gasteiger partial charge in [0.15, 0.2) is 0 Å². The number of hydrogen-bond donors (Lipinski definition) is 1. The molecule has 1 N–H and O–H groups in total. The fraction of sp³-hybridized carbons (Fsp3) is 1.00. The quantitative estimate of drug-likeness (QED) is 0.635. The van der Waals surface area contributed by atoms with Crippen molar-refractivity contribution < 1.29 is 4.74 Å². The summed E-state index contributed by atoms with van der Waals surface area (Å²) in [5.74, 6) is 0.854. The van der Waals surface area contributed by atoms with Gasteiger partial charge in [-0.05, 0) is 38.6 Å². The van der Waals surface area contributed by atoms with E-state index in [1.165, 1.54) is 45.1 Å². The van der Waals surface area contributed by atoms with Crippen molar-refractivity contribution in [2.24, 2.45) is 11.3 Å². The van der Waals surface area contributed by atoms with Crippen LogP contribution < -0.4 is 5.32 Å². The highest BCUT2D eigenvalue weighted by Gasteiger charge is 2.50. The van der Waals surface area contributed by atoms with E-state index in [0.29, 0.717) is 17.6 Å². The largest absolute Gasteiger partial charge is 0.378 e. The number of hydrogen-bond acceptors (Lipinski definition) is 2. The minimum atomic E-state index is 0.346. The van der Waals surface area contributed by atoms with Crippen LogP contribution in [0.2, 0.25) is 0 Å². The zero-order valence-electron chi connectivity index (χ0n) is 13.8. The van der Waals surface area contributed by atoms with Crippen LogP contribution in [0, 0.1) is 11.3 Å². The first-order chi connectivity index (χ1) is 9.12. The van der Waals surface area contributed by atoms with E-state index in [0.717, 1.165) is 12.5 Å². The first-order valence-corrected chi connectivity index (χ1v) is 8.47. The lowest BCUT2D eigenvalue weighted by Gasteiger charge is -2.54. The van der Waals surface area contributed by atoms with Crippen LogP contribution in [0.4, 0.5) is 0 Å². The molecule has 0 aromatic rings. The maximum atomic E-state index is 5.87.